The first-order chi connectivity index (χ1) is 14.1. The molecule has 2 rings (SSSR count). The van der Waals surface area contributed by atoms with E-state index in [2.05, 4.69) is 12.2 Å². The Morgan fingerprint density at radius 1 is 0.897 bits per heavy atom. The Kier molecular flexibility index (Phi) is 9.93. The Morgan fingerprint density at radius 2 is 1.48 bits per heavy atom. The smallest absolute Gasteiger partial charge is 0.257 e. The van der Waals surface area contributed by atoms with Crippen LogP contribution in [0.4, 0.5) is 11.4 Å². The van der Waals surface area contributed by atoms with Gasteiger partial charge in [0.1, 0.15) is 13.2 Å². The number of carbonyl (C=O) groups is 2. The fraction of sp³-hybridized carbons (Fsp3) is 0.417. The molecule has 0 bridgehead atoms. The fourth-order valence-electron chi connectivity index (χ4n) is 3.15. The minimum Gasteiger partial charge on any atom is -0.362 e. The van der Waals surface area contributed by atoms with E-state index >= 15 is 0 Å². The quantitative estimate of drug-likeness (QED) is 0.522. The fourth-order valence-corrected chi connectivity index (χ4v) is 3.15. The lowest BCUT2D eigenvalue weighted by atomic mass is 10.1. The number of carbonyl (C=O) groups excluding carboxylic acids is 2. The van der Waals surface area contributed by atoms with Gasteiger partial charge in [-0.05, 0) is 37.6 Å². The molecule has 0 heterocycles. The number of ether oxygens (including phenoxy) is 1. The second-order valence-corrected chi connectivity index (χ2v) is 7.21. The van der Waals surface area contributed by atoms with Crippen LogP contribution in [0.5, 0.6) is 0 Å². The number of para-hydroxylation sites is 2. The third-order valence-electron chi connectivity index (χ3n) is 4.63. The summed E-state index contributed by atoms with van der Waals surface area (Å²) >= 11 is 0. The highest BCUT2D eigenvalue weighted by molar-refractivity contribution is 6.01. The van der Waals surface area contributed by atoms with Crippen molar-refractivity contribution in [3.8, 4) is 0 Å². The molecule has 1 unspecified atom stereocenters. The molecule has 0 aliphatic carbocycles. The van der Waals surface area contributed by atoms with Crippen molar-refractivity contribution < 1.29 is 14.3 Å². The lowest BCUT2D eigenvalue weighted by Crippen LogP contribution is -2.37. The van der Waals surface area contributed by atoms with Crippen molar-refractivity contribution >= 4 is 23.2 Å². The highest BCUT2D eigenvalue weighted by Crippen LogP contribution is 2.25. The molecule has 2 aromatic rings. The van der Waals surface area contributed by atoms with Crippen LogP contribution in [0.1, 0.15) is 46.0 Å². The Labute approximate surface area is 174 Å². The molecule has 0 aromatic heterocycles. The molecule has 5 nitrogen and oxygen atoms in total. The molecule has 0 spiro atoms. The summed E-state index contributed by atoms with van der Waals surface area (Å²) in [5, 5.41) is 2.93. The highest BCUT2D eigenvalue weighted by atomic mass is 16.5. The number of rotatable bonds is 12. The third kappa shape index (κ3) is 8.08. The molecule has 156 valence electrons. The first-order valence-electron chi connectivity index (χ1n) is 10.4. The van der Waals surface area contributed by atoms with E-state index in [9.17, 15) is 9.59 Å². The first kappa shape index (κ1) is 22.6. The maximum absolute atomic E-state index is 12.8. The average molecular weight is 397 g/mol. The second kappa shape index (κ2) is 12.7. The molecule has 0 saturated carbocycles. The Hall–Kier alpha value is -2.66. The number of hydrogen-bond acceptors (Lipinski definition) is 3. The van der Waals surface area contributed by atoms with E-state index in [0.29, 0.717) is 0 Å². The molecule has 2 amide bonds. The zero-order chi connectivity index (χ0) is 20.9. The van der Waals surface area contributed by atoms with Crippen LogP contribution in [0.3, 0.4) is 0 Å². The summed E-state index contributed by atoms with van der Waals surface area (Å²) in [4.78, 5) is 26.5. The number of anilines is 2. The number of unbranched alkanes of at least 4 members (excludes halogenated alkanes) is 3. The van der Waals surface area contributed by atoms with E-state index in [1.165, 1.54) is 19.3 Å². The summed E-state index contributed by atoms with van der Waals surface area (Å²) in [6, 6.07) is 18.9. The summed E-state index contributed by atoms with van der Waals surface area (Å²) in [5.41, 5.74) is 1.52. The van der Waals surface area contributed by atoms with Crippen LogP contribution in [0, 0.1) is 0 Å². The van der Waals surface area contributed by atoms with Crippen LogP contribution in [0.25, 0.3) is 0 Å². The maximum atomic E-state index is 12.8. The predicted octanol–water partition coefficient (Wildman–Crippen LogP) is 4.84. The Morgan fingerprint density at radius 3 is 2.03 bits per heavy atom. The van der Waals surface area contributed by atoms with Gasteiger partial charge in [0.15, 0.2) is 0 Å². The van der Waals surface area contributed by atoms with Crippen LogP contribution in [-0.2, 0) is 14.3 Å². The molecular formula is C24H32N2O3. The molecule has 5 heteroatoms. The van der Waals surface area contributed by atoms with Gasteiger partial charge < -0.3 is 10.1 Å². The van der Waals surface area contributed by atoms with Crippen molar-refractivity contribution in [1.29, 1.82) is 0 Å². The lowest BCUT2D eigenvalue weighted by Gasteiger charge is -2.23. The van der Waals surface area contributed by atoms with Crippen molar-refractivity contribution in [2.24, 2.45) is 0 Å². The van der Waals surface area contributed by atoms with Gasteiger partial charge in [0.05, 0.1) is 0 Å². The monoisotopic (exact) mass is 396 g/mol. The topological polar surface area (TPSA) is 58.6 Å². The number of hydrogen-bond donors (Lipinski definition) is 1. The number of nitrogens with one attached hydrogen (secondary N) is 1. The maximum Gasteiger partial charge on any atom is 0.257 e. The summed E-state index contributed by atoms with van der Waals surface area (Å²) in [5.74, 6) is -0.408. The van der Waals surface area contributed by atoms with Gasteiger partial charge >= 0.3 is 0 Å². The molecule has 0 fully saturated rings. The van der Waals surface area contributed by atoms with Gasteiger partial charge in [-0.3, -0.25) is 14.5 Å². The molecule has 2 aromatic carbocycles. The predicted molar refractivity (Wildman–Crippen MR) is 117 cm³/mol. The van der Waals surface area contributed by atoms with Crippen LogP contribution >= 0.6 is 0 Å². The zero-order valence-electron chi connectivity index (χ0n) is 17.5. The number of benzene rings is 2. The average Bonchev–Trinajstić information content (AvgIpc) is 2.73. The Bertz CT molecular complexity index is 695. The highest BCUT2D eigenvalue weighted by Gasteiger charge is 2.18. The van der Waals surface area contributed by atoms with Crippen LogP contribution in [0.2, 0.25) is 0 Å². The normalized spacial score (nSPS) is 11.7. The summed E-state index contributed by atoms with van der Waals surface area (Å²) < 4.78 is 5.42. The van der Waals surface area contributed by atoms with E-state index in [4.69, 9.17) is 4.74 Å². The Balaban J connectivity index is 1.83. The van der Waals surface area contributed by atoms with E-state index in [1.54, 1.807) is 4.90 Å². The van der Waals surface area contributed by atoms with Gasteiger partial charge in [0, 0.05) is 17.4 Å². The van der Waals surface area contributed by atoms with Gasteiger partial charge in [-0.2, -0.15) is 0 Å². The summed E-state index contributed by atoms with van der Waals surface area (Å²) in [6.07, 6.45) is 5.69. The van der Waals surface area contributed by atoms with Crippen LogP contribution < -0.4 is 10.2 Å². The SMILES string of the molecule is CCCCCCC(C)NC(=O)COCC(=O)N(c1ccccc1)c1ccccc1. The molecule has 1 N–H and O–H groups in total. The van der Waals surface area contributed by atoms with Crippen LogP contribution in [-0.4, -0.2) is 31.1 Å². The van der Waals surface area contributed by atoms with E-state index in [-0.39, 0.29) is 31.1 Å². The van der Waals surface area contributed by atoms with Gasteiger partial charge in [-0.15, -0.1) is 0 Å². The molecule has 0 aliphatic heterocycles. The van der Waals surface area contributed by atoms with Gasteiger partial charge in [-0.1, -0.05) is 69.0 Å². The largest absolute Gasteiger partial charge is 0.362 e. The van der Waals surface area contributed by atoms with E-state index in [1.807, 2.05) is 67.6 Å². The number of amides is 2. The minimum absolute atomic E-state index is 0.115. The van der Waals surface area contributed by atoms with Gasteiger partial charge in [-0.25, -0.2) is 0 Å². The van der Waals surface area contributed by atoms with Crippen molar-refractivity contribution in [2.75, 3.05) is 18.1 Å². The van der Waals surface area contributed by atoms with Gasteiger partial charge in [0.25, 0.3) is 5.91 Å². The van der Waals surface area contributed by atoms with Crippen LogP contribution in [0.15, 0.2) is 60.7 Å². The molecule has 29 heavy (non-hydrogen) atoms. The van der Waals surface area contributed by atoms with Crippen molar-refractivity contribution in [3.63, 3.8) is 0 Å². The lowest BCUT2D eigenvalue weighted by molar-refractivity contribution is -0.129. The van der Waals surface area contributed by atoms with Gasteiger partial charge in [0.2, 0.25) is 5.91 Å². The van der Waals surface area contributed by atoms with Crippen molar-refractivity contribution in [1.82, 2.24) is 5.32 Å². The van der Waals surface area contributed by atoms with Crippen molar-refractivity contribution in [3.05, 3.63) is 60.7 Å². The third-order valence-corrected chi connectivity index (χ3v) is 4.63. The minimum atomic E-state index is -0.220. The molecule has 0 saturated heterocycles. The first-order valence-corrected chi connectivity index (χ1v) is 10.4. The standard InChI is InChI=1S/C24H32N2O3/c1-3-4-5-8-13-20(2)25-23(27)18-29-19-24(28)26(21-14-9-6-10-15-21)22-16-11-7-12-17-22/h6-7,9-12,14-17,20H,3-5,8,13,18-19H2,1-2H3,(H,25,27). The zero-order valence-corrected chi connectivity index (χ0v) is 17.5. The van der Waals surface area contributed by atoms with E-state index in [0.717, 1.165) is 24.2 Å². The molecule has 1 atom stereocenters. The summed E-state index contributed by atoms with van der Waals surface area (Å²) in [6.45, 7) is 3.90. The number of nitrogens with zero attached hydrogens (tertiary/aromatic N) is 1. The summed E-state index contributed by atoms with van der Waals surface area (Å²) in [7, 11) is 0. The van der Waals surface area contributed by atoms with E-state index < -0.39 is 0 Å². The second-order valence-electron chi connectivity index (χ2n) is 7.21. The van der Waals surface area contributed by atoms with Crippen molar-refractivity contribution in [2.45, 2.75) is 52.0 Å². The molecular weight excluding hydrogens is 364 g/mol. The molecule has 0 radical (unpaired) electrons. The molecule has 0 aliphatic rings.